The summed E-state index contributed by atoms with van der Waals surface area (Å²) in [7, 11) is 0. The van der Waals surface area contributed by atoms with Gasteiger partial charge in [-0.25, -0.2) is 0 Å². The van der Waals surface area contributed by atoms with Gasteiger partial charge in [-0.15, -0.1) is 0 Å². The molecule has 94 valence electrons. The molecule has 1 fully saturated rings. The highest BCUT2D eigenvalue weighted by atomic mass is 32.1. The van der Waals surface area contributed by atoms with E-state index in [1.54, 1.807) is 11.5 Å². The van der Waals surface area contributed by atoms with Gasteiger partial charge in [0.05, 0.1) is 11.4 Å². The monoisotopic (exact) mass is 260 g/mol. The zero-order valence-electron chi connectivity index (χ0n) is 10.1. The molecule has 1 aromatic carbocycles. The van der Waals surface area contributed by atoms with E-state index in [-0.39, 0.29) is 5.84 Å². The molecule has 1 heterocycles. The van der Waals surface area contributed by atoms with Crippen molar-refractivity contribution in [3.8, 4) is 0 Å². The summed E-state index contributed by atoms with van der Waals surface area (Å²) in [5.74, 6) is 0.259. The molecule has 3 N–H and O–H groups in total. The standard InChI is InChI=1S/C13H16N4S/c14-12(15)7-8-17(9-5-6-9)13-10-3-1-2-4-11(10)16-18-13/h1-4,9H,5-8H2,(H3,14,15). The summed E-state index contributed by atoms with van der Waals surface area (Å²) in [6, 6.07) is 8.86. The van der Waals surface area contributed by atoms with E-state index in [1.165, 1.54) is 23.2 Å². The first-order chi connectivity index (χ1) is 8.75. The Kier molecular flexibility index (Phi) is 2.91. The molecule has 0 spiro atoms. The summed E-state index contributed by atoms with van der Waals surface area (Å²) in [5, 5.41) is 9.83. The molecule has 1 aliphatic rings. The fourth-order valence-electron chi connectivity index (χ4n) is 2.16. The first-order valence-corrected chi connectivity index (χ1v) is 6.97. The van der Waals surface area contributed by atoms with Crippen molar-refractivity contribution in [2.75, 3.05) is 11.4 Å². The zero-order valence-corrected chi connectivity index (χ0v) is 10.9. The summed E-state index contributed by atoms with van der Waals surface area (Å²) in [4.78, 5) is 2.38. The Balaban J connectivity index is 1.91. The van der Waals surface area contributed by atoms with Crippen LogP contribution < -0.4 is 10.6 Å². The molecule has 0 radical (unpaired) electrons. The minimum Gasteiger partial charge on any atom is -0.388 e. The first kappa shape index (κ1) is 11.5. The molecule has 0 bridgehead atoms. The van der Waals surface area contributed by atoms with Gasteiger partial charge in [-0.1, -0.05) is 12.1 Å². The largest absolute Gasteiger partial charge is 0.388 e. The minimum absolute atomic E-state index is 0.259. The van der Waals surface area contributed by atoms with Gasteiger partial charge in [0.15, 0.2) is 0 Å². The van der Waals surface area contributed by atoms with Crippen LogP contribution in [-0.4, -0.2) is 22.8 Å². The van der Waals surface area contributed by atoms with E-state index < -0.39 is 0 Å². The van der Waals surface area contributed by atoms with Crippen molar-refractivity contribution in [3.05, 3.63) is 24.3 Å². The number of hydrogen-bond donors (Lipinski definition) is 2. The number of anilines is 1. The van der Waals surface area contributed by atoms with Gasteiger partial charge >= 0.3 is 0 Å². The minimum atomic E-state index is 0.259. The maximum Gasteiger partial charge on any atom is 0.120 e. The first-order valence-electron chi connectivity index (χ1n) is 6.19. The van der Waals surface area contributed by atoms with Crippen molar-refractivity contribution in [2.24, 2.45) is 5.73 Å². The number of nitrogens with zero attached hydrogens (tertiary/aromatic N) is 2. The lowest BCUT2D eigenvalue weighted by Gasteiger charge is -2.22. The van der Waals surface area contributed by atoms with Crippen molar-refractivity contribution in [3.63, 3.8) is 0 Å². The summed E-state index contributed by atoms with van der Waals surface area (Å²) in [5.41, 5.74) is 6.53. The molecular weight excluding hydrogens is 244 g/mol. The van der Waals surface area contributed by atoms with Crippen LogP contribution in [0.3, 0.4) is 0 Å². The smallest absolute Gasteiger partial charge is 0.120 e. The molecule has 3 rings (SSSR count). The van der Waals surface area contributed by atoms with Crippen LogP contribution >= 0.6 is 11.5 Å². The maximum atomic E-state index is 7.38. The quantitative estimate of drug-likeness (QED) is 0.641. The van der Waals surface area contributed by atoms with Crippen LogP contribution in [0.4, 0.5) is 5.00 Å². The second-order valence-electron chi connectivity index (χ2n) is 4.70. The van der Waals surface area contributed by atoms with Crippen molar-refractivity contribution in [1.29, 1.82) is 5.41 Å². The van der Waals surface area contributed by atoms with Crippen LogP contribution in [0, 0.1) is 5.41 Å². The summed E-state index contributed by atoms with van der Waals surface area (Å²) >= 11 is 1.56. The molecule has 1 aliphatic carbocycles. The maximum absolute atomic E-state index is 7.38. The van der Waals surface area contributed by atoms with Crippen LogP contribution in [0.15, 0.2) is 24.3 Å². The van der Waals surface area contributed by atoms with Crippen LogP contribution in [0.5, 0.6) is 0 Å². The highest BCUT2D eigenvalue weighted by molar-refractivity contribution is 7.11. The molecule has 0 unspecified atom stereocenters. The van der Waals surface area contributed by atoms with Crippen LogP contribution in [0.2, 0.25) is 0 Å². The summed E-state index contributed by atoms with van der Waals surface area (Å²) in [6.07, 6.45) is 3.11. The number of fused-ring (bicyclic) bond motifs is 1. The lowest BCUT2D eigenvalue weighted by molar-refractivity contribution is 0.808. The van der Waals surface area contributed by atoms with E-state index in [2.05, 4.69) is 21.4 Å². The van der Waals surface area contributed by atoms with Gasteiger partial charge < -0.3 is 10.6 Å². The van der Waals surface area contributed by atoms with Gasteiger partial charge in [0.2, 0.25) is 0 Å². The van der Waals surface area contributed by atoms with Crippen molar-refractivity contribution < 1.29 is 0 Å². The number of rotatable bonds is 5. The molecule has 0 amide bonds. The third-order valence-electron chi connectivity index (χ3n) is 3.24. The Bertz CT molecular complexity index is 573. The molecule has 1 aromatic heterocycles. The number of amidine groups is 1. The Morgan fingerprint density at radius 2 is 2.22 bits per heavy atom. The van der Waals surface area contributed by atoms with Gasteiger partial charge in [0.1, 0.15) is 5.00 Å². The van der Waals surface area contributed by atoms with E-state index in [0.29, 0.717) is 12.5 Å². The molecule has 0 aliphatic heterocycles. The second kappa shape index (κ2) is 4.57. The van der Waals surface area contributed by atoms with E-state index in [0.717, 1.165) is 12.1 Å². The SMILES string of the molecule is N=C(N)CCN(c1snc2ccccc12)C1CC1. The number of aromatic nitrogens is 1. The van der Waals surface area contributed by atoms with Gasteiger partial charge in [-0.2, -0.15) is 4.37 Å². The third kappa shape index (κ3) is 2.18. The molecule has 5 heteroatoms. The van der Waals surface area contributed by atoms with Gasteiger partial charge in [-0.3, -0.25) is 5.41 Å². The van der Waals surface area contributed by atoms with E-state index in [1.807, 2.05) is 12.1 Å². The van der Waals surface area contributed by atoms with Gasteiger partial charge in [0.25, 0.3) is 0 Å². The topological polar surface area (TPSA) is 66.0 Å². The Hall–Kier alpha value is -1.62. The molecule has 2 aromatic rings. The molecular formula is C13H16N4S. The fraction of sp³-hybridized carbons (Fsp3) is 0.385. The Morgan fingerprint density at radius 1 is 1.44 bits per heavy atom. The van der Waals surface area contributed by atoms with Crippen molar-refractivity contribution in [1.82, 2.24) is 4.37 Å². The second-order valence-corrected chi connectivity index (χ2v) is 5.46. The zero-order chi connectivity index (χ0) is 12.5. The fourth-order valence-corrected chi connectivity index (χ4v) is 3.12. The van der Waals surface area contributed by atoms with Crippen LogP contribution in [-0.2, 0) is 0 Å². The number of hydrogen-bond acceptors (Lipinski definition) is 4. The normalized spacial score (nSPS) is 14.9. The van der Waals surface area contributed by atoms with Crippen LogP contribution in [0.25, 0.3) is 10.9 Å². The summed E-state index contributed by atoms with van der Waals surface area (Å²) < 4.78 is 4.49. The molecule has 0 saturated heterocycles. The van der Waals surface area contributed by atoms with Crippen molar-refractivity contribution >= 4 is 33.3 Å². The highest BCUT2D eigenvalue weighted by Gasteiger charge is 2.31. The predicted molar refractivity (Wildman–Crippen MR) is 76.5 cm³/mol. The molecule has 4 nitrogen and oxygen atoms in total. The third-order valence-corrected chi connectivity index (χ3v) is 4.15. The van der Waals surface area contributed by atoms with E-state index >= 15 is 0 Å². The molecule has 0 atom stereocenters. The highest BCUT2D eigenvalue weighted by Crippen LogP contribution is 2.38. The average Bonchev–Trinajstić information content (AvgIpc) is 3.10. The lowest BCUT2D eigenvalue weighted by Crippen LogP contribution is -2.29. The van der Waals surface area contributed by atoms with Crippen LogP contribution in [0.1, 0.15) is 19.3 Å². The summed E-state index contributed by atoms with van der Waals surface area (Å²) in [6.45, 7) is 0.826. The molecule has 18 heavy (non-hydrogen) atoms. The lowest BCUT2D eigenvalue weighted by atomic mass is 10.2. The van der Waals surface area contributed by atoms with E-state index in [9.17, 15) is 0 Å². The number of nitrogens with one attached hydrogen (secondary N) is 1. The number of benzene rings is 1. The molecule has 1 saturated carbocycles. The average molecular weight is 260 g/mol. The number of nitrogens with two attached hydrogens (primary N) is 1. The van der Waals surface area contributed by atoms with Gasteiger partial charge in [0, 0.05) is 24.4 Å². The predicted octanol–water partition coefficient (Wildman–Crippen LogP) is 2.59. The van der Waals surface area contributed by atoms with E-state index in [4.69, 9.17) is 11.1 Å². The Labute approximate surface area is 110 Å². The van der Waals surface area contributed by atoms with Gasteiger partial charge in [-0.05, 0) is 36.5 Å². The Morgan fingerprint density at radius 3 is 2.94 bits per heavy atom. The van der Waals surface area contributed by atoms with Crippen molar-refractivity contribution in [2.45, 2.75) is 25.3 Å².